The van der Waals surface area contributed by atoms with Gasteiger partial charge in [0.15, 0.2) is 0 Å². The fourth-order valence-corrected chi connectivity index (χ4v) is 5.33. The number of benzene rings is 2. The Labute approximate surface area is 249 Å². The van der Waals surface area contributed by atoms with E-state index in [2.05, 4.69) is 16.0 Å². The van der Waals surface area contributed by atoms with Gasteiger partial charge in [0.2, 0.25) is 23.6 Å². The number of primary amides is 1. The molecule has 0 bridgehead atoms. The van der Waals surface area contributed by atoms with E-state index in [0.29, 0.717) is 13.0 Å². The van der Waals surface area contributed by atoms with Gasteiger partial charge in [-0.2, -0.15) is 0 Å². The van der Waals surface area contributed by atoms with E-state index in [4.69, 9.17) is 10.5 Å². The summed E-state index contributed by atoms with van der Waals surface area (Å²) < 4.78 is 19.5. The maximum absolute atomic E-state index is 13.6. The molecule has 230 valence electrons. The number of para-hydroxylation sites is 1. The molecule has 5 amide bonds. The van der Waals surface area contributed by atoms with Crippen molar-refractivity contribution >= 4 is 29.5 Å². The summed E-state index contributed by atoms with van der Waals surface area (Å²) in [5.74, 6) is -2.97. The van der Waals surface area contributed by atoms with Crippen molar-refractivity contribution in [3.8, 4) is 5.75 Å². The fraction of sp³-hybridized carbons (Fsp3) is 0.452. The normalized spacial score (nSPS) is 21.4. The predicted octanol–water partition coefficient (Wildman–Crippen LogP) is 1.54. The number of halogens is 1. The molecule has 3 atom stereocenters. The van der Waals surface area contributed by atoms with Gasteiger partial charge in [0.1, 0.15) is 30.3 Å². The van der Waals surface area contributed by atoms with Crippen molar-refractivity contribution in [2.45, 2.75) is 69.5 Å². The van der Waals surface area contributed by atoms with Crippen molar-refractivity contribution in [3.63, 3.8) is 0 Å². The number of hydrogen-bond donors (Lipinski definition) is 4. The number of nitrogens with one attached hydrogen (secondary N) is 3. The van der Waals surface area contributed by atoms with Crippen molar-refractivity contribution in [3.05, 3.63) is 65.5 Å². The zero-order valence-electron chi connectivity index (χ0n) is 24.4. The van der Waals surface area contributed by atoms with Crippen LogP contribution in [0.4, 0.5) is 4.39 Å². The molecule has 2 aliphatic heterocycles. The van der Waals surface area contributed by atoms with Crippen molar-refractivity contribution in [2.75, 3.05) is 19.7 Å². The summed E-state index contributed by atoms with van der Waals surface area (Å²) in [5.41, 5.74) is 5.69. The van der Waals surface area contributed by atoms with E-state index in [1.54, 1.807) is 41.3 Å². The first-order valence-electron chi connectivity index (χ1n) is 14.4. The number of nitrogens with two attached hydrogens (primary N) is 1. The number of carbonyl (C=O) groups excluding carboxylic acids is 5. The Kier molecular flexibility index (Phi) is 9.99. The molecular formula is C31H38FN5O6. The number of hydrogen-bond acceptors (Lipinski definition) is 6. The lowest BCUT2D eigenvalue weighted by Crippen LogP contribution is -2.54. The van der Waals surface area contributed by atoms with Gasteiger partial charge in [-0.3, -0.25) is 24.0 Å². The van der Waals surface area contributed by atoms with Crippen LogP contribution in [-0.4, -0.2) is 72.3 Å². The van der Waals surface area contributed by atoms with Crippen LogP contribution in [-0.2, 0) is 24.6 Å². The molecule has 2 aromatic carbocycles. The van der Waals surface area contributed by atoms with E-state index >= 15 is 0 Å². The van der Waals surface area contributed by atoms with Gasteiger partial charge in [-0.1, -0.05) is 38.1 Å². The summed E-state index contributed by atoms with van der Waals surface area (Å²) in [4.78, 5) is 66.9. The van der Waals surface area contributed by atoms with Crippen LogP contribution >= 0.6 is 0 Å². The number of amides is 5. The molecule has 0 radical (unpaired) electrons. The molecule has 11 nitrogen and oxygen atoms in total. The monoisotopic (exact) mass is 595 g/mol. The molecule has 5 N–H and O–H groups in total. The molecule has 1 fully saturated rings. The zero-order chi connectivity index (χ0) is 31.1. The van der Waals surface area contributed by atoms with E-state index < -0.39 is 47.5 Å². The predicted molar refractivity (Wildman–Crippen MR) is 155 cm³/mol. The van der Waals surface area contributed by atoms with Crippen LogP contribution in [0.15, 0.2) is 48.5 Å². The zero-order valence-corrected chi connectivity index (χ0v) is 24.4. The Morgan fingerprint density at radius 3 is 2.53 bits per heavy atom. The molecule has 4 rings (SSSR count). The minimum atomic E-state index is -1.31. The molecule has 1 saturated heterocycles. The standard InChI is InChI=1S/C31H38FN5O6/c1-31(2,19-9-11-20(32)12-10-19)18-34-29(41)24-16-27(39)35-23(13-14-26(33)38)30(42)37-15-5-6-21(37)17-43-25-8-4-3-7-22(25)28(40)36-24/h3-4,7-12,21,23-24H,5-6,13-18H2,1-2H3,(H2,33,38)(H,34,41)(H,35,39)(H,36,40)/t21-,23+,24+/m1/s1. The van der Waals surface area contributed by atoms with Gasteiger partial charge in [0.25, 0.3) is 5.91 Å². The maximum Gasteiger partial charge on any atom is 0.255 e. The highest BCUT2D eigenvalue weighted by Gasteiger charge is 2.36. The number of fused-ring (bicyclic) bond motifs is 2. The van der Waals surface area contributed by atoms with Crippen molar-refractivity contribution in [1.82, 2.24) is 20.9 Å². The van der Waals surface area contributed by atoms with Gasteiger partial charge in [-0.25, -0.2) is 4.39 Å². The molecule has 0 aliphatic carbocycles. The van der Waals surface area contributed by atoms with Crippen molar-refractivity contribution in [1.29, 1.82) is 0 Å². The first kappa shape index (κ1) is 31.5. The Hall–Kier alpha value is -4.48. The average molecular weight is 596 g/mol. The summed E-state index contributed by atoms with van der Waals surface area (Å²) in [6.07, 6.45) is 0.795. The lowest BCUT2D eigenvalue weighted by atomic mass is 9.84. The number of ether oxygens (including phenoxy) is 1. The van der Waals surface area contributed by atoms with Crippen LogP contribution in [0, 0.1) is 5.82 Å². The topological polar surface area (TPSA) is 160 Å². The molecule has 2 aromatic rings. The van der Waals surface area contributed by atoms with Gasteiger partial charge in [-0.05, 0) is 49.1 Å². The fourth-order valence-electron chi connectivity index (χ4n) is 5.33. The van der Waals surface area contributed by atoms with Crippen LogP contribution in [0.3, 0.4) is 0 Å². The van der Waals surface area contributed by atoms with Crippen LogP contribution < -0.4 is 26.4 Å². The first-order valence-corrected chi connectivity index (χ1v) is 14.4. The van der Waals surface area contributed by atoms with Gasteiger partial charge < -0.3 is 31.3 Å². The molecule has 0 unspecified atom stereocenters. The third kappa shape index (κ3) is 8.08. The molecule has 12 heteroatoms. The molecule has 43 heavy (non-hydrogen) atoms. The summed E-state index contributed by atoms with van der Waals surface area (Å²) in [5, 5.41) is 8.12. The van der Waals surface area contributed by atoms with Crippen LogP contribution in [0.2, 0.25) is 0 Å². The van der Waals surface area contributed by atoms with Crippen LogP contribution in [0.1, 0.15) is 61.9 Å². The highest BCUT2D eigenvalue weighted by atomic mass is 19.1. The average Bonchev–Trinajstić information content (AvgIpc) is 3.44. The van der Waals surface area contributed by atoms with Crippen LogP contribution in [0.5, 0.6) is 5.75 Å². The molecule has 0 saturated carbocycles. The molecular weight excluding hydrogens is 557 g/mol. The number of rotatable bonds is 7. The van der Waals surface area contributed by atoms with Crippen molar-refractivity contribution in [2.24, 2.45) is 5.73 Å². The Morgan fingerprint density at radius 2 is 1.81 bits per heavy atom. The van der Waals surface area contributed by atoms with Gasteiger partial charge >= 0.3 is 0 Å². The quantitative estimate of drug-likeness (QED) is 0.380. The first-order chi connectivity index (χ1) is 20.4. The molecule has 0 spiro atoms. The summed E-state index contributed by atoms with van der Waals surface area (Å²) in [6, 6.07) is 9.84. The van der Waals surface area contributed by atoms with E-state index in [1.807, 2.05) is 13.8 Å². The summed E-state index contributed by atoms with van der Waals surface area (Å²) in [6.45, 7) is 4.43. The Morgan fingerprint density at radius 1 is 1.09 bits per heavy atom. The highest BCUT2D eigenvalue weighted by Crippen LogP contribution is 2.25. The van der Waals surface area contributed by atoms with E-state index in [1.165, 1.54) is 12.1 Å². The smallest absolute Gasteiger partial charge is 0.255 e. The van der Waals surface area contributed by atoms with Gasteiger partial charge in [0, 0.05) is 24.9 Å². The van der Waals surface area contributed by atoms with Gasteiger partial charge in [-0.15, -0.1) is 0 Å². The summed E-state index contributed by atoms with van der Waals surface area (Å²) >= 11 is 0. The number of carbonyl (C=O) groups is 5. The Bertz CT molecular complexity index is 1360. The van der Waals surface area contributed by atoms with Crippen molar-refractivity contribution < 1.29 is 33.1 Å². The lowest BCUT2D eigenvalue weighted by Gasteiger charge is -2.30. The minimum absolute atomic E-state index is 0.0120. The lowest BCUT2D eigenvalue weighted by molar-refractivity contribution is -0.138. The molecule has 0 aromatic heterocycles. The third-order valence-electron chi connectivity index (χ3n) is 7.88. The minimum Gasteiger partial charge on any atom is -0.491 e. The number of nitrogens with zero attached hydrogens (tertiary/aromatic N) is 1. The van der Waals surface area contributed by atoms with E-state index in [0.717, 1.165) is 12.0 Å². The largest absolute Gasteiger partial charge is 0.491 e. The van der Waals surface area contributed by atoms with E-state index in [-0.39, 0.29) is 55.1 Å². The molecule has 2 heterocycles. The van der Waals surface area contributed by atoms with E-state index in [9.17, 15) is 28.4 Å². The SMILES string of the molecule is CC(C)(CNC(=O)[C@@H]1CC(=O)N[C@@H](CCC(N)=O)C(=O)N2CCC[C@@H]2COc2ccccc2C(=O)N1)c1ccc(F)cc1. The van der Waals surface area contributed by atoms with Crippen LogP contribution in [0.25, 0.3) is 0 Å². The van der Waals surface area contributed by atoms with Gasteiger partial charge in [0.05, 0.1) is 18.0 Å². The third-order valence-corrected chi connectivity index (χ3v) is 7.88. The second-order valence-corrected chi connectivity index (χ2v) is 11.6. The highest BCUT2D eigenvalue weighted by molar-refractivity contribution is 6.01. The Balaban J connectivity index is 1.60. The molecule has 2 aliphatic rings. The maximum atomic E-state index is 13.6. The summed E-state index contributed by atoms with van der Waals surface area (Å²) in [7, 11) is 0. The second kappa shape index (κ2) is 13.7. The second-order valence-electron chi connectivity index (χ2n) is 11.6.